The van der Waals surface area contributed by atoms with Crippen molar-refractivity contribution in [2.24, 2.45) is 28.6 Å². The fraction of sp³-hybridized carbons (Fsp3) is 0.700. The second-order valence-corrected chi connectivity index (χ2v) is 8.73. The number of hydrogen-bond donors (Lipinski definition) is 1. The molecular weight excluding hydrogens is 288 g/mol. The average Bonchev–Trinajstić information content (AvgIpc) is 2.81. The highest BCUT2D eigenvalue weighted by Crippen LogP contribution is 2.63. The van der Waals surface area contributed by atoms with Crippen molar-refractivity contribution in [1.29, 1.82) is 0 Å². The molecule has 4 aliphatic rings. The van der Waals surface area contributed by atoms with E-state index in [1.165, 1.54) is 5.57 Å². The number of carbonyl (C=O) groups excluding carboxylic acids is 2. The lowest BCUT2D eigenvalue weighted by Crippen LogP contribution is -2.46. The maximum atomic E-state index is 12.1. The van der Waals surface area contributed by atoms with Gasteiger partial charge in [-0.2, -0.15) is 0 Å². The number of Topliss-reactive ketones (excluding diaryl/α,β-unsaturated/α-hetero) is 1. The molecule has 0 aliphatic heterocycles. The minimum Gasteiger partial charge on any atom is -0.393 e. The van der Waals surface area contributed by atoms with E-state index < -0.39 is 0 Å². The monoisotopic (exact) mass is 314 g/mol. The van der Waals surface area contributed by atoms with Crippen LogP contribution in [0.3, 0.4) is 0 Å². The minimum absolute atomic E-state index is 0.0125. The largest absolute Gasteiger partial charge is 0.393 e. The molecule has 0 spiro atoms. The summed E-state index contributed by atoms with van der Waals surface area (Å²) in [6, 6.07) is 0. The Labute approximate surface area is 137 Å². The summed E-state index contributed by atoms with van der Waals surface area (Å²) in [6.45, 7) is 4.55. The number of rotatable bonds is 1. The number of ketones is 1. The van der Waals surface area contributed by atoms with Crippen LogP contribution in [0.4, 0.5) is 0 Å². The predicted octanol–water partition coefficient (Wildman–Crippen LogP) is 3.22. The van der Waals surface area contributed by atoms with E-state index in [-0.39, 0.29) is 22.7 Å². The Balaban J connectivity index is 1.77. The van der Waals surface area contributed by atoms with Gasteiger partial charge in [0, 0.05) is 11.8 Å². The maximum Gasteiger partial charge on any atom is 0.166 e. The van der Waals surface area contributed by atoms with E-state index in [0.717, 1.165) is 38.4 Å². The molecule has 4 rings (SSSR count). The first kappa shape index (κ1) is 15.3. The summed E-state index contributed by atoms with van der Waals surface area (Å²) in [5.41, 5.74) is 1.88. The lowest BCUT2D eigenvalue weighted by molar-refractivity contribution is -0.120. The third-order valence-corrected chi connectivity index (χ3v) is 7.43. The van der Waals surface area contributed by atoms with Crippen LogP contribution in [0.5, 0.6) is 0 Å². The molecule has 2 fully saturated rings. The quantitative estimate of drug-likeness (QED) is 0.459. The lowest BCUT2D eigenvalue weighted by Gasteiger charge is -2.53. The van der Waals surface area contributed by atoms with E-state index in [4.69, 9.17) is 0 Å². The smallest absolute Gasteiger partial charge is 0.166 e. The molecule has 0 amide bonds. The highest BCUT2D eigenvalue weighted by Gasteiger charge is 2.55. The molecule has 0 aromatic heterocycles. The van der Waals surface area contributed by atoms with Gasteiger partial charge < -0.3 is 5.11 Å². The molecule has 0 saturated heterocycles. The Kier molecular flexibility index (Phi) is 3.26. The molecular formula is C20H26O3. The van der Waals surface area contributed by atoms with Gasteiger partial charge in [-0.05, 0) is 55.3 Å². The van der Waals surface area contributed by atoms with E-state index in [1.807, 2.05) is 6.08 Å². The molecule has 0 heterocycles. The molecule has 0 bridgehead atoms. The molecule has 3 heteroatoms. The third kappa shape index (κ3) is 2.05. The van der Waals surface area contributed by atoms with Crippen LogP contribution in [0.15, 0.2) is 23.3 Å². The summed E-state index contributed by atoms with van der Waals surface area (Å²) in [5.74, 6) is 1.39. The SMILES string of the molecule is C[C@]12CC=C3[C@@H](CCC4CC(=O)C(C=O)=C[C@]34C)[C@@H]1CC(O)C2. The van der Waals surface area contributed by atoms with Gasteiger partial charge in [0.25, 0.3) is 0 Å². The Morgan fingerprint density at radius 1 is 1.30 bits per heavy atom. The second-order valence-electron chi connectivity index (χ2n) is 8.73. The summed E-state index contributed by atoms with van der Waals surface area (Å²) < 4.78 is 0. The third-order valence-electron chi connectivity index (χ3n) is 7.43. The van der Waals surface area contributed by atoms with Crippen LogP contribution in [-0.2, 0) is 9.59 Å². The summed E-state index contributed by atoms with van der Waals surface area (Å²) in [6.07, 6.45) is 10.4. The molecule has 0 aromatic rings. The molecule has 6 atom stereocenters. The van der Waals surface area contributed by atoms with Gasteiger partial charge in [0.2, 0.25) is 0 Å². The Bertz CT molecular complexity index is 631. The minimum atomic E-state index is -0.169. The topological polar surface area (TPSA) is 54.4 Å². The Morgan fingerprint density at radius 2 is 2.09 bits per heavy atom. The van der Waals surface area contributed by atoms with Crippen molar-refractivity contribution < 1.29 is 14.7 Å². The number of fused-ring (bicyclic) bond motifs is 5. The van der Waals surface area contributed by atoms with Crippen molar-refractivity contribution in [3.05, 3.63) is 23.3 Å². The molecule has 124 valence electrons. The summed E-state index contributed by atoms with van der Waals surface area (Å²) in [4.78, 5) is 23.4. The van der Waals surface area contributed by atoms with Crippen LogP contribution in [-0.4, -0.2) is 23.3 Å². The van der Waals surface area contributed by atoms with Gasteiger partial charge in [0.1, 0.15) is 0 Å². The number of carbonyl (C=O) groups is 2. The van der Waals surface area contributed by atoms with Gasteiger partial charge in [-0.3, -0.25) is 9.59 Å². The van der Waals surface area contributed by atoms with Crippen molar-refractivity contribution in [3.8, 4) is 0 Å². The van der Waals surface area contributed by atoms with E-state index >= 15 is 0 Å². The van der Waals surface area contributed by atoms with E-state index in [2.05, 4.69) is 19.9 Å². The van der Waals surface area contributed by atoms with Crippen LogP contribution in [0.1, 0.15) is 52.4 Å². The molecule has 4 aliphatic carbocycles. The fourth-order valence-corrected chi connectivity index (χ4v) is 6.20. The summed E-state index contributed by atoms with van der Waals surface area (Å²) >= 11 is 0. The van der Waals surface area contributed by atoms with Gasteiger partial charge >= 0.3 is 0 Å². The number of aliphatic hydroxyl groups is 1. The average molecular weight is 314 g/mol. The normalized spacial score (nSPS) is 48.7. The van der Waals surface area contributed by atoms with Crippen LogP contribution < -0.4 is 0 Å². The zero-order valence-corrected chi connectivity index (χ0v) is 14.0. The van der Waals surface area contributed by atoms with Gasteiger partial charge in [-0.15, -0.1) is 0 Å². The lowest BCUT2D eigenvalue weighted by atomic mass is 9.50. The molecule has 1 N–H and O–H groups in total. The molecule has 0 aromatic carbocycles. The van der Waals surface area contributed by atoms with E-state index in [9.17, 15) is 14.7 Å². The van der Waals surface area contributed by atoms with E-state index in [1.54, 1.807) is 0 Å². The van der Waals surface area contributed by atoms with Gasteiger partial charge in [0.05, 0.1) is 11.7 Å². The van der Waals surface area contributed by atoms with Crippen LogP contribution in [0, 0.1) is 28.6 Å². The summed E-state index contributed by atoms with van der Waals surface area (Å²) in [7, 11) is 0. The molecule has 3 nitrogen and oxygen atoms in total. The highest BCUT2D eigenvalue weighted by atomic mass is 16.3. The predicted molar refractivity (Wildman–Crippen MR) is 87.6 cm³/mol. The highest BCUT2D eigenvalue weighted by molar-refractivity contribution is 6.12. The van der Waals surface area contributed by atoms with Gasteiger partial charge in [-0.1, -0.05) is 31.6 Å². The van der Waals surface area contributed by atoms with Crippen molar-refractivity contribution in [2.45, 2.75) is 58.5 Å². The summed E-state index contributed by atoms with van der Waals surface area (Å²) in [5, 5.41) is 10.2. The number of aliphatic hydroxyl groups excluding tert-OH is 1. The van der Waals surface area contributed by atoms with Gasteiger partial charge in [-0.25, -0.2) is 0 Å². The number of hydrogen-bond acceptors (Lipinski definition) is 3. The van der Waals surface area contributed by atoms with Crippen molar-refractivity contribution in [3.63, 3.8) is 0 Å². The van der Waals surface area contributed by atoms with Crippen molar-refractivity contribution in [2.75, 3.05) is 0 Å². The Hall–Kier alpha value is -1.22. The number of aldehydes is 1. The number of allylic oxidation sites excluding steroid dienone is 4. The zero-order valence-electron chi connectivity index (χ0n) is 14.0. The molecule has 23 heavy (non-hydrogen) atoms. The fourth-order valence-electron chi connectivity index (χ4n) is 6.20. The first-order chi connectivity index (χ1) is 10.9. The first-order valence-corrected chi connectivity index (χ1v) is 8.97. The van der Waals surface area contributed by atoms with Crippen LogP contribution >= 0.6 is 0 Å². The zero-order chi connectivity index (χ0) is 16.4. The van der Waals surface area contributed by atoms with Crippen molar-refractivity contribution >= 4 is 12.1 Å². The van der Waals surface area contributed by atoms with Crippen molar-refractivity contribution in [1.82, 2.24) is 0 Å². The van der Waals surface area contributed by atoms with Gasteiger partial charge in [0.15, 0.2) is 12.1 Å². The standard InChI is InChI=1S/C20H26O3/c1-19-6-5-16-15(17(19)8-14(22)10-19)4-3-13-7-18(23)12(11-21)9-20(13,16)2/h5,9,11,13-15,17,22H,3-4,6-8,10H2,1-2H3/t13?,14?,15-,17+,19-,20+/m1/s1. The first-order valence-electron chi connectivity index (χ1n) is 8.97. The van der Waals surface area contributed by atoms with E-state index in [0.29, 0.717) is 29.7 Å². The molecule has 2 unspecified atom stereocenters. The maximum absolute atomic E-state index is 12.1. The Morgan fingerprint density at radius 3 is 2.83 bits per heavy atom. The second kappa shape index (κ2) is 4.89. The van der Waals surface area contributed by atoms with Crippen LogP contribution in [0.25, 0.3) is 0 Å². The van der Waals surface area contributed by atoms with Crippen LogP contribution in [0.2, 0.25) is 0 Å². The molecule has 2 saturated carbocycles. The molecule has 0 radical (unpaired) electrons.